The number of para-hydroxylation sites is 1. The molecule has 1 atom stereocenters. The van der Waals surface area contributed by atoms with E-state index in [1.54, 1.807) is 12.1 Å². The summed E-state index contributed by atoms with van der Waals surface area (Å²) in [6.07, 6.45) is 3.66. The van der Waals surface area contributed by atoms with Gasteiger partial charge in [-0.3, -0.25) is 4.79 Å². The zero-order valence-corrected chi connectivity index (χ0v) is 17.1. The molecule has 2 heterocycles. The zero-order chi connectivity index (χ0) is 20.9. The third kappa shape index (κ3) is 4.40. The molecule has 1 unspecified atom stereocenters. The Kier molecular flexibility index (Phi) is 6.18. The number of hydrogen-bond donors (Lipinski definition) is 1. The van der Waals surface area contributed by atoms with Gasteiger partial charge in [-0.2, -0.15) is 5.26 Å². The van der Waals surface area contributed by atoms with E-state index in [-0.39, 0.29) is 11.8 Å². The topological polar surface area (TPSA) is 59.4 Å². The second-order valence-corrected chi connectivity index (χ2v) is 8.07. The van der Waals surface area contributed by atoms with E-state index in [0.717, 1.165) is 45.3 Å². The number of piperidine rings is 1. The SMILES string of the molecule is N#Cc1ccc(N2CCCC(C(=O)NCCCN3CCc4ccccc43)C2)c(F)c1. The van der Waals surface area contributed by atoms with Crippen LogP contribution < -0.4 is 15.1 Å². The van der Waals surface area contributed by atoms with Crippen molar-refractivity contribution in [1.29, 1.82) is 5.26 Å². The van der Waals surface area contributed by atoms with Gasteiger partial charge in [0.05, 0.1) is 23.2 Å². The molecule has 1 fully saturated rings. The fourth-order valence-electron chi connectivity index (χ4n) is 4.51. The molecule has 2 aromatic carbocycles. The molecule has 2 aliphatic heterocycles. The van der Waals surface area contributed by atoms with Crippen molar-refractivity contribution >= 4 is 17.3 Å². The molecule has 6 heteroatoms. The van der Waals surface area contributed by atoms with E-state index >= 15 is 0 Å². The molecule has 30 heavy (non-hydrogen) atoms. The van der Waals surface area contributed by atoms with Crippen molar-refractivity contribution in [3.8, 4) is 6.07 Å². The van der Waals surface area contributed by atoms with E-state index in [2.05, 4.69) is 34.5 Å². The highest BCUT2D eigenvalue weighted by Crippen LogP contribution is 2.28. The van der Waals surface area contributed by atoms with Crippen molar-refractivity contribution in [2.24, 2.45) is 5.92 Å². The van der Waals surface area contributed by atoms with Gasteiger partial charge in [-0.15, -0.1) is 0 Å². The molecular weight excluding hydrogens is 379 g/mol. The first-order valence-corrected chi connectivity index (χ1v) is 10.7. The van der Waals surface area contributed by atoms with E-state index in [1.807, 2.05) is 11.0 Å². The van der Waals surface area contributed by atoms with Gasteiger partial charge in [-0.1, -0.05) is 18.2 Å². The van der Waals surface area contributed by atoms with E-state index in [0.29, 0.717) is 24.3 Å². The van der Waals surface area contributed by atoms with Gasteiger partial charge in [-0.05, 0) is 55.5 Å². The van der Waals surface area contributed by atoms with Crippen molar-refractivity contribution in [2.45, 2.75) is 25.7 Å². The van der Waals surface area contributed by atoms with Gasteiger partial charge in [0.25, 0.3) is 0 Å². The lowest BCUT2D eigenvalue weighted by Crippen LogP contribution is -2.43. The quantitative estimate of drug-likeness (QED) is 0.746. The lowest BCUT2D eigenvalue weighted by Gasteiger charge is -2.34. The van der Waals surface area contributed by atoms with Gasteiger partial charge in [-0.25, -0.2) is 4.39 Å². The first kappa shape index (κ1) is 20.2. The van der Waals surface area contributed by atoms with Crippen LogP contribution in [-0.4, -0.2) is 38.6 Å². The summed E-state index contributed by atoms with van der Waals surface area (Å²) < 4.78 is 14.4. The minimum absolute atomic E-state index is 0.0515. The molecule has 1 saturated heterocycles. The lowest BCUT2D eigenvalue weighted by atomic mass is 9.96. The Morgan fingerprint density at radius 2 is 2.07 bits per heavy atom. The monoisotopic (exact) mass is 406 g/mol. The molecule has 2 aromatic rings. The smallest absolute Gasteiger partial charge is 0.224 e. The van der Waals surface area contributed by atoms with Crippen molar-refractivity contribution in [2.75, 3.05) is 42.5 Å². The van der Waals surface area contributed by atoms with E-state index < -0.39 is 5.82 Å². The van der Waals surface area contributed by atoms with Crippen LogP contribution in [0.1, 0.15) is 30.4 Å². The van der Waals surface area contributed by atoms with Crippen LogP contribution in [0.5, 0.6) is 0 Å². The van der Waals surface area contributed by atoms with Crippen LogP contribution in [0, 0.1) is 23.1 Å². The summed E-state index contributed by atoms with van der Waals surface area (Å²) in [5.74, 6) is -0.488. The number of anilines is 2. The van der Waals surface area contributed by atoms with Gasteiger partial charge in [0.2, 0.25) is 5.91 Å². The molecule has 0 saturated carbocycles. The molecule has 4 rings (SSSR count). The van der Waals surface area contributed by atoms with Gasteiger partial charge in [0.1, 0.15) is 5.82 Å². The second-order valence-electron chi connectivity index (χ2n) is 8.07. The summed E-state index contributed by atoms with van der Waals surface area (Å²) in [6.45, 7) is 3.86. The number of halogens is 1. The van der Waals surface area contributed by atoms with Gasteiger partial charge < -0.3 is 15.1 Å². The predicted molar refractivity (Wildman–Crippen MR) is 116 cm³/mol. The fourth-order valence-corrected chi connectivity index (χ4v) is 4.51. The minimum atomic E-state index is -0.402. The molecule has 0 aromatic heterocycles. The number of carbonyl (C=O) groups excluding carboxylic acids is 1. The lowest BCUT2D eigenvalue weighted by molar-refractivity contribution is -0.125. The number of nitrogens with zero attached hydrogens (tertiary/aromatic N) is 3. The minimum Gasteiger partial charge on any atom is -0.371 e. The maximum atomic E-state index is 14.4. The number of nitrogens with one attached hydrogen (secondary N) is 1. The average Bonchev–Trinajstić information content (AvgIpc) is 3.19. The molecule has 1 amide bonds. The molecule has 0 spiro atoms. The number of benzene rings is 2. The van der Waals surface area contributed by atoms with Crippen LogP contribution in [0.2, 0.25) is 0 Å². The molecule has 0 bridgehead atoms. The Labute approximate surface area is 177 Å². The summed E-state index contributed by atoms with van der Waals surface area (Å²) in [5, 5.41) is 12.0. The summed E-state index contributed by atoms with van der Waals surface area (Å²) in [7, 11) is 0. The highest BCUT2D eigenvalue weighted by molar-refractivity contribution is 5.79. The van der Waals surface area contributed by atoms with Crippen molar-refractivity contribution in [1.82, 2.24) is 5.32 Å². The highest BCUT2D eigenvalue weighted by atomic mass is 19.1. The molecule has 2 aliphatic rings. The van der Waals surface area contributed by atoms with Gasteiger partial charge >= 0.3 is 0 Å². The van der Waals surface area contributed by atoms with E-state index in [1.165, 1.54) is 17.3 Å². The van der Waals surface area contributed by atoms with Crippen LogP contribution in [0.3, 0.4) is 0 Å². The summed E-state index contributed by atoms with van der Waals surface area (Å²) in [6, 6.07) is 15.0. The van der Waals surface area contributed by atoms with Crippen molar-refractivity contribution in [3.05, 3.63) is 59.4 Å². The summed E-state index contributed by atoms with van der Waals surface area (Å²) in [4.78, 5) is 17.0. The Hall–Kier alpha value is -3.07. The van der Waals surface area contributed by atoms with E-state index in [9.17, 15) is 9.18 Å². The third-order valence-corrected chi connectivity index (χ3v) is 6.10. The molecule has 0 radical (unpaired) electrons. The first-order chi connectivity index (χ1) is 14.7. The number of nitriles is 1. The summed E-state index contributed by atoms with van der Waals surface area (Å²) in [5.41, 5.74) is 3.50. The maximum Gasteiger partial charge on any atom is 0.224 e. The Morgan fingerprint density at radius 1 is 1.20 bits per heavy atom. The molecule has 0 aliphatic carbocycles. The van der Waals surface area contributed by atoms with Gasteiger partial charge in [0.15, 0.2) is 0 Å². The molecule has 5 nitrogen and oxygen atoms in total. The second kappa shape index (κ2) is 9.17. The Balaban J connectivity index is 1.25. The zero-order valence-electron chi connectivity index (χ0n) is 17.1. The van der Waals surface area contributed by atoms with E-state index in [4.69, 9.17) is 5.26 Å². The summed E-state index contributed by atoms with van der Waals surface area (Å²) >= 11 is 0. The number of carbonyl (C=O) groups is 1. The predicted octanol–water partition coefficient (Wildman–Crippen LogP) is 3.48. The largest absolute Gasteiger partial charge is 0.371 e. The fraction of sp³-hybridized carbons (Fsp3) is 0.417. The number of rotatable bonds is 6. The van der Waals surface area contributed by atoms with Crippen molar-refractivity contribution in [3.63, 3.8) is 0 Å². The average molecular weight is 407 g/mol. The van der Waals surface area contributed by atoms with Gasteiger partial charge in [0, 0.05) is 38.4 Å². The normalized spacial score (nSPS) is 18.1. The molecule has 1 N–H and O–H groups in total. The first-order valence-electron chi connectivity index (χ1n) is 10.7. The standard InChI is InChI=1S/C24H27FN4O/c25-21-15-18(16-26)8-9-23(21)29-12-3-6-20(17-29)24(30)27-11-4-13-28-14-10-19-5-1-2-7-22(19)28/h1-2,5,7-9,15,20H,3-4,6,10-14,17H2,(H,27,30). The molecular formula is C24H27FN4O. The Bertz CT molecular complexity index is 954. The number of hydrogen-bond acceptors (Lipinski definition) is 4. The number of amides is 1. The van der Waals surface area contributed by atoms with Crippen LogP contribution in [0.25, 0.3) is 0 Å². The van der Waals surface area contributed by atoms with Crippen LogP contribution in [0.4, 0.5) is 15.8 Å². The molecule has 156 valence electrons. The highest BCUT2D eigenvalue weighted by Gasteiger charge is 2.27. The Morgan fingerprint density at radius 3 is 2.90 bits per heavy atom. The third-order valence-electron chi connectivity index (χ3n) is 6.10. The van der Waals surface area contributed by atoms with Crippen LogP contribution in [0.15, 0.2) is 42.5 Å². The number of fused-ring (bicyclic) bond motifs is 1. The maximum absolute atomic E-state index is 14.4. The van der Waals surface area contributed by atoms with Crippen LogP contribution >= 0.6 is 0 Å². The van der Waals surface area contributed by atoms with Crippen LogP contribution in [-0.2, 0) is 11.2 Å². The van der Waals surface area contributed by atoms with Crippen molar-refractivity contribution < 1.29 is 9.18 Å².